The molecule has 118 valence electrons. The van der Waals surface area contributed by atoms with Crippen molar-refractivity contribution in [2.45, 2.75) is 10.6 Å². The standard InChI is InChI=1S/C16H11F2NO3S/c17-13-7-6-12(8-14(13)18)23(20,21)10-16-19-9-15(22-16)11-4-2-1-3-5-11/h1-9H,10H2. The van der Waals surface area contributed by atoms with E-state index in [1.54, 1.807) is 12.1 Å². The fourth-order valence-electron chi connectivity index (χ4n) is 2.03. The Morgan fingerprint density at radius 3 is 2.43 bits per heavy atom. The van der Waals surface area contributed by atoms with E-state index in [1.165, 1.54) is 6.20 Å². The Labute approximate surface area is 131 Å². The van der Waals surface area contributed by atoms with E-state index in [0.29, 0.717) is 11.8 Å². The van der Waals surface area contributed by atoms with Gasteiger partial charge in [0.25, 0.3) is 0 Å². The van der Waals surface area contributed by atoms with Gasteiger partial charge in [0.2, 0.25) is 5.89 Å². The minimum absolute atomic E-state index is 0.0198. The molecule has 23 heavy (non-hydrogen) atoms. The van der Waals surface area contributed by atoms with Crippen molar-refractivity contribution in [1.29, 1.82) is 0 Å². The van der Waals surface area contributed by atoms with Crippen LogP contribution in [0.3, 0.4) is 0 Å². The van der Waals surface area contributed by atoms with Gasteiger partial charge in [0.1, 0.15) is 5.75 Å². The summed E-state index contributed by atoms with van der Waals surface area (Å²) in [5.74, 6) is -2.45. The SMILES string of the molecule is O=S(=O)(Cc1ncc(-c2ccccc2)o1)c1ccc(F)c(F)c1. The zero-order valence-corrected chi connectivity index (χ0v) is 12.6. The first-order valence-electron chi connectivity index (χ1n) is 6.64. The number of rotatable bonds is 4. The lowest BCUT2D eigenvalue weighted by atomic mass is 10.2. The average molecular weight is 335 g/mol. The molecule has 0 amide bonds. The van der Waals surface area contributed by atoms with Crippen molar-refractivity contribution in [2.24, 2.45) is 0 Å². The summed E-state index contributed by atoms with van der Waals surface area (Å²) in [4.78, 5) is 3.61. The topological polar surface area (TPSA) is 60.2 Å². The zero-order valence-electron chi connectivity index (χ0n) is 11.7. The minimum Gasteiger partial charge on any atom is -0.440 e. The molecule has 0 radical (unpaired) electrons. The van der Waals surface area contributed by atoms with Gasteiger partial charge in [-0.25, -0.2) is 22.2 Å². The van der Waals surface area contributed by atoms with Crippen LogP contribution >= 0.6 is 0 Å². The van der Waals surface area contributed by atoms with E-state index in [1.807, 2.05) is 18.2 Å². The summed E-state index contributed by atoms with van der Waals surface area (Å²) >= 11 is 0. The van der Waals surface area contributed by atoms with Crippen LogP contribution in [0.2, 0.25) is 0 Å². The smallest absolute Gasteiger partial charge is 0.210 e. The van der Waals surface area contributed by atoms with Crippen LogP contribution in [0.25, 0.3) is 11.3 Å². The predicted molar refractivity (Wildman–Crippen MR) is 79.2 cm³/mol. The Balaban J connectivity index is 1.86. The molecule has 0 aliphatic heterocycles. The molecular formula is C16H11F2NO3S. The number of benzene rings is 2. The molecule has 0 saturated carbocycles. The average Bonchev–Trinajstić information content (AvgIpc) is 2.98. The van der Waals surface area contributed by atoms with Crippen LogP contribution in [0.4, 0.5) is 8.78 Å². The van der Waals surface area contributed by atoms with E-state index in [-0.39, 0.29) is 10.8 Å². The molecule has 2 aromatic carbocycles. The Kier molecular flexibility index (Phi) is 3.96. The predicted octanol–water partition coefficient (Wildman–Crippen LogP) is 3.59. The van der Waals surface area contributed by atoms with Crippen LogP contribution in [0.15, 0.2) is 64.0 Å². The summed E-state index contributed by atoms with van der Waals surface area (Å²) in [6.07, 6.45) is 1.42. The Morgan fingerprint density at radius 1 is 1.00 bits per heavy atom. The van der Waals surface area contributed by atoms with E-state index in [2.05, 4.69) is 4.98 Å². The van der Waals surface area contributed by atoms with Crippen LogP contribution in [-0.4, -0.2) is 13.4 Å². The lowest BCUT2D eigenvalue weighted by Gasteiger charge is -2.02. The normalized spacial score (nSPS) is 11.6. The molecule has 1 aromatic heterocycles. The highest BCUT2D eigenvalue weighted by Gasteiger charge is 2.20. The summed E-state index contributed by atoms with van der Waals surface area (Å²) in [7, 11) is -3.88. The number of sulfone groups is 1. The van der Waals surface area contributed by atoms with Gasteiger partial charge in [0.05, 0.1) is 11.1 Å². The van der Waals surface area contributed by atoms with Gasteiger partial charge < -0.3 is 4.42 Å². The number of halogens is 2. The highest BCUT2D eigenvalue weighted by Crippen LogP contribution is 2.23. The fourth-order valence-corrected chi connectivity index (χ4v) is 3.21. The van der Waals surface area contributed by atoms with Crippen molar-refractivity contribution in [3.8, 4) is 11.3 Å². The Hall–Kier alpha value is -2.54. The molecule has 0 N–H and O–H groups in total. The monoisotopic (exact) mass is 335 g/mol. The molecular weight excluding hydrogens is 324 g/mol. The molecule has 4 nitrogen and oxygen atoms in total. The first kappa shape index (κ1) is 15.4. The molecule has 7 heteroatoms. The van der Waals surface area contributed by atoms with Gasteiger partial charge in [-0.2, -0.15) is 0 Å². The van der Waals surface area contributed by atoms with Gasteiger partial charge in [-0.3, -0.25) is 0 Å². The summed E-state index contributed by atoms with van der Waals surface area (Å²) in [6.45, 7) is 0. The van der Waals surface area contributed by atoms with Gasteiger partial charge in [-0.05, 0) is 18.2 Å². The molecule has 0 saturated heterocycles. The summed E-state index contributed by atoms with van der Waals surface area (Å²) in [5.41, 5.74) is 0.761. The van der Waals surface area contributed by atoms with E-state index in [4.69, 9.17) is 4.42 Å². The largest absolute Gasteiger partial charge is 0.440 e. The third kappa shape index (κ3) is 3.29. The molecule has 3 rings (SSSR count). The molecule has 1 heterocycles. The Bertz CT molecular complexity index is 937. The quantitative estimate of drug-likeness (QED) is 0.684. The minimum atomic E-state index is -3.88. The number of aromatic nitrogens is 1. The van der Waals surface area contributed by atoms with Crippen molar-refractivity contribution < 1.29 is 21.6 Å². The molecule has 0 spiro atoms. The van der Waals surface area contributed by atoms with E-state index >= 15 is 0 Å². The summed E-state index contributed by atoms with van der Waals surface area (Å²) in [6, 6.07) is 11.5. The lowest BCUT2D eigenvalue weighted by molar-refractivity contribution is 0.503. The Morgan fingerprint density at radius 2 is 1.74 bits per heavy atom. The highest BCUT2D eigenvalue weighted by molar-refractivity contribution is 7.90. The van der Waals surface area contributed by atoms with E-state index in [0.717, 1.165) is 17.7 Å². The van der Waals surface area contributed by atoms with Gasteiger partial charge in [0, 0.05) is 5.56 Å². The van der Waals surface area contributed by atoms with Crippen molar-refractivity contribution in [2.75, 3.05) is 0 Å². The third-order valence-corrected chi connectivity index (χ3v) is 4.77. The van der Waals surface area contributed by atoms with Crippen LogP contribution in [0.5, 0.6) is 0 Å². The maximum absolute atomic E-state index is 13.2. The second-order valence-electron chi connectivity index (χ2n) is 4.82. The maximum atomic E-state index is 13.2. The molecule has 0 fully saturated rings. The second-order valence-corrected chi connectivity index (χ2v) is 6.81. The van der Waals surface area contributed by atoms with Crippen LogP contribution in [0.1, 0.15) is 5.89 Å². The summed E-state index contributed by atoms with van der Waals surface area (Å²) in [5, 5.41) is 0. The lowest BCUT2D eigenvalue weighted by Crippen LogP contribution is -2.06. The molecule has 0 atom stereocenters. The first-order chi connectivity index (χ1) is 11.0. The van der Waals surface area contributed by atoms with Gasteiger partial charge in [-0.15, -0.1) is 0 Å². The molecule has 3 aromatic rings. The molecule has 0 aliphatic carbocycles. The van der Waals surface area contributed by atoms with Gasteiger partial charge >= 0.3 is 0 Å². The van der Waals surface area contributed by atoms with Crippen molar-refractivity contribution >= 4 is 9.84 Å². The number of hydrogen-bond donors (Lipinski definition) is 0. The van der Waals surface area contributed by atoms with E-state index < -0.39 is 27.2 Å². The number of oxazole rings is 1. The second kappa shape index (κ2) is 5.92. The van der Waals surface area contributed by atoms with Crippen molar-refractivity contribution in [1.82, 2.24) is 4.98 Å². The van der Waals surface area contributed by atoms with Crippen molar-refractivity contribution in [3.05, 3.63) is 72.3 Å². The fraction of sp³-hybridized carbons (Fsp3) is 0.0625. The van der Waals surface area contributed by atoms with Gasteiger partial charge in [0.15, 0.2) is 27.2 Å². The maximum Gasteiger partial charge on any atom is 0.210 e. The highest BCUT2D eigenvalue weighted by atomic mass is 32.2. The molecule has 0 bridgehead atoms. The zero-order chi connectivity index (χ0) is 16.4. The first-order valence-corrected chi connectivity index (χ1v) is 8.29. The van der Waals surface area contributed by atoms with E-state index in [9.17, 15) is 17.2 Å². The van der Waals surface area contributed by atoms with Crippen LogP contribution in [0, 0.1) is 11.6 Å². The number of nitrogens with zero attached hydrogens (tertiary/aromatic N) is 1. The van der Waals surface area contributed by atoms with Crippen LogP contribution < -0.4 is 0 Å². The van der Waals surface area contributed by atoms with Crippen LogP contribution in [-0.2, 0) is 15.6 Å². The third-order valence-electron chi connectivity index (χ3n) is 3.18. The number of hydrogen-bond acceptors (Lipinski definition) is 4. The summed E-state index contributed by atoms with van der Waals surface area (Å²) < 4.78 is 56.0. The van der Waals surface area contributed by atoms with Crippen molar-refractivity contribution in [3.63, 3.8) is 0 Å². The molecule has 0 unspecified atom stereocenters. The van der Waals surface area contributed by atoms with Gasteiger partial charge in [-0.1, -0.05) is 30.3 Å². The molecule has 0 aliphatic rings.